The quantitative estimate of drug-likeness (QED) is 0.889. The van der Waals surface area contributed by atoms with E-state index in [-0.39, 0.29) is 0 Å². The van der Waals surface area contributed by atoms with Gasteiger partial charge in [-0.3, -0.25) is 4.68 Å². The summed E-state index contributed by atoms with van der Waals surface area (Å²) in [6, 6.07) is 0. The van der Waals surface area contributed by atoms with E-state index >= 15 is 0 Å². The Bertz CT molecular complexity index is 538. The third kappa shape index (κ3) is 3.70. The van der Waals surface area contributed by atoms with Crippen molar-refractivity contribution in [3.05, 3.63) is 11.9 Å². The Balaban J connectivity index is 1.91. The highest BCUT2D eigenvalue weighted by atomic mass is 32.2. The van der Waals surface area contributed by atoms with E-state index in [0.717, 1.165) is 30.8 Å². The molecule has 1 fully saturated rings. The molecule has 19 heavy (non-hydrogen) atoms. The van der Waals surface area contributed by atoms with Crippen LogP contribution in [-0.4, -0.2) is 48.4 Å². The predicted octanol–water partition coefficient (Wildman–Crippen LogP) is 0.812. The van der Waals surface area contributed by atoms with Gasteiger partial charge in [-0.1, -0.05) is 0 Å². The standard InChI is InChI=1S/C12H22N4O2S/c1-10-12(9-15(2)14-10)13-7-11-5-4-6-16(8-11)19(3,17)18/h9,11,13H,4-8H2,1-3H3. The average Bonchev–Trinajstić information content (AvgIpc) is 2.64. The van der Waals surface area contributed by atoms with Crippen molar-refractivity contribution >= 4 is 15.7 Å². The van der Waals surface area contributed by atoms with Crippen molar-refractivity contribution < 1.29 is 8.42 Å². The maximum atomic E-state index is 11.6. The summed E-state index contributed by atoms with van der Waals surface area (Å²) in [6.45, 7) is 4.02. The zero-order valence-electron chi connectivity index (χ0n) is 11.8. The van der Waals surface area contributed by atoms with Crippen LogP contribution in [0.3, 0.4) is 0 Å². The fourth-order valence-electron chi connectivity index (χ4n) is 2.52. The van der Waals surface area contributed by atoms with Gasteiger partial charge in [0.2, 0.25) is 10.0 Å². The first-order valence-corrected chi connectivity index (χ1v) is 8.40. The van der Waals surface area contributed by atoms with Gasteiger partial charge in [-0.2, -0.15) is 5.10 Å². The minimum atomic E-state index is -3.06. The van der Waals surface area contributed by atoms with Gasteiger partial charge >= 0.3 is 0 Å². The summed E-state index contributed by atoms with van der Waals surface area (Å²) in [5.74, 6) is 0.364. The fourth-order valence-corrected chi connectivity index (χ4v) is 3.46. The number of hydrogen-bond acceptors (Lipinski definition) is 4. The number of rotatable bonds is 4. The minimum Gasteiger partial charge on any atom is -0.382 e. The summed E-state index contributed by atoms with van der Waals surface area (Å²) in [6.07, 6.45) is 5.24. The smallest absolute Gasteiger partial charge is 0.211 e. The average molecular weight is 286 g/mol. The highest BCUT2D eigenvalue weighted by molar-refractivity contribution is 7.88. The van der Waals surface area contributed by atoms with Crippen molar-refractivity contribution in [2.75, 3.05) is 31.2 Å². The Kier molecular flexibility index (Phi) is 4.15. The number of aromatic nitrogens is 2. The molecule has 2 heterocycles. The van der Waals surface area contributed by atoms with Crippen LogP contribution in [0.15, 0.2) is 6.20 Å². The van der Waals surface area contributed by atoms with Crippen LogP contribution in [-0.2, 0) is 17.1 Å². The van der Waals surface area contributed by atoms with Crippen molar-refractivity contribution in [3.63, 3.8) is 0 Å². The Labute approximate surface area is 114 Å². The van der Waals surface area contributed by atoms with Gasteiger partial charge in [0.1, 0.15) is 0 Å². The van der Waals surface area contributed by atoms with Crippen molar-refractivity contribution in [3.8, 4) is 0 Å². The van der Waals surface area contributed by atoms with Crippen LogP contribution in [0.5, 0.6) is 0 Å². The van der Waals surface area contributed by atoms with E-state index in [1.54, 1.807) is 8.99 Å². The molecule has 0 aromatic carbocycles. The van der Waals surface area contributed by atoms with Crippen LogP contribution in [0, 0.1) is 12.8 Å². The second-order valence-corrected chi connectivity index (χ2v) is 7.29. The van der Waals surface area contributed by atoms with Crippen molar-refractivity contribution in [2.45, 2.75) is 19.8 Å². The molecule has 1 aromatic rings. The molecule has 0 aliphatic carbocycles. The summed E-state index contributed by atoms with van der Waals surface area (Å²) in [4.78, 5) is 0. The molecule has 1 aliphatic rings. The largest absolute Gasteiger partial charge is 0.382 e. The van der Waals surface area contributed by atoms with Gasteiger partial charge in [0.05, 0.1) is 17.6 Å². The van der Waals surface area contributed by atoms with Gasteiger partial charge in [-0.25, -0.2) is 12.7 Å². The van der Waals surface area contributed by atoms with Gasteiger partial charge < -0.3 is 5.32 Å². The molecule has 1 N–H and O–H groups in total. The Morgan fingerprint density at radius 2 is 2.26 bits per heavy atom. The SMILES string of the molecule is Cc1nn(C)cc1NCC1CCCN(S(C)(=O)=O)C1. The predicted molar refractivity (Wildman–Crippen MR) is 75.6 cm³/mol. The first kappa shape index (κ1) is 14.3. The summed E-state index contributed by atoms with van der Waals surface area (Å²) in [5.41, 5.74) is 2.00. The molecule has 0 amide bonds. The Morgan fingerprint density at radius 3 is 2.84 bits per heavy atom. The highest BCUT2D eigenvalue weighted by Crippen LogP contribution is 2.20. The van der Waals surface area contributed by atoms with Crippen LogP contribution in [0.1, 0.15) is 18.5 Å². The van der Waals surface area contributed by atoms with E-state index in [0.29, 0.717) is 19.0 Å². The van der Waals surface area contributed by atoms with Crippen LogP contribution < -0.4 is 5.32 Å². The Hall–Kier alpha value is -1.08. The van der Waals surface area contributed by atoms with Gasteiger partial charge in [0.15, 0.2) is 0 Å². The zero-order valence-corrected chi connectivity index (χ0v) is 12.6. The van der Waals surface area contributed by atoms with Crippen LogP contribution in [0.4, 0.5) is 5.69 Å². The molecule has 2 rings (SSSR count). The third-order valence-electron chi connectivity index (χ3n) is 3.55. The lowest BCUT2D eigenvalue weighted by Crippen LogP contribution is -2.41. The lowest BCUT2D eigenvalue weighted by atomic mass is 10.00. The van der Waals surface area contributed by atoms with E-state index < -0.39 is 10.0 Å². The molecular formula is C12H22N4O2S. The highest BCUT2D eigenvalue weighted by Gasteiger charge is 2.25. The normalized spacial score (nSPS) is 21.5. The maximum Gasteiger partial charge on any atom is 0.211 e. The maximum absolute atomic E-state index is 11.6. The number of piperidine rings is 1. The van der Waals surface area contributed by atoms with Crippen molar-refractivity contribution in [1.29, 1.82) is 0 Å². The third-order valence-corrected chi connectivity index (χ3v) is 4.82. The van der Waals surface area contributed by atoms with Gasteiger partial charge in [0, 0.05) is 32.9 Å². The number of hydrogen-bond donors (Lipinski definition) is 1. The van der Waals surface area contributed by atoms with Gasteiger partial charge in [0.25, 0.3) is 0 Å². The van der Waals surface area contributed by atoms with Crippen molar-refractivity contribution in [2.24, 2.45) is 13.0 Å². The van der Waals surface area contributed by atoms with Gasteiger partial charge in [-0.15, -0.1) is 0 Å². The lowest BCUT2D eigenvalue weighted by Gasteiger charge is -2.31. The number of aryl methyl sites for hydroxylation is 2. The number of sulfonamides is 1. The van der Waals surface area contributed by atoms with Crippen molar-refractivity contribution in [1.82, 2.24) is 14.1 Å². The van der Waals surface area contributed by atoms with E-state index in [1.165, 1.54) is 6.26 Å². The first-order chi connectivity index (χ1) is 8.86. The van der Waals surface area contributed by atoms with E-state index in [9.17, 15) is 8.42 Å². The molecule has 1 atom stereocenters. The molecule has 108 valence electrons. The molecule has 1 unspecified atom stereocenters. The number of nitrogens with one attached hydrogen (secondary N) is 1. The topological polar surface area (TPSA) is 67.2 Å². The number of anilines is 1. The molecule has 0 radical (unpaired) electrons. The number of nitrogens with zero attached hydrogens (tertiary/aromatic N) is 3. The van der Waals surface area contributed by atoms with Crippen LogP contribution in [0.2, 0.25) is 0 Å². The molecule has 1 aliphatic heterocycles. The van der Waals surface area contributed by atoms with E-state index in [4.69, 9.17) is 0 Å². The molecule has 6 nitrogen and oxygen atoms in total. The molecule has 0 spiro atoms. The van der Waals surface area contributed by atoms with E-state index in [1.807, 2.05) is 20.2 Å². The monoisotopic (exact) mass is 286 g/mol. The molecular weight excluding hydrogens is 264 g/mol. The molecule has 7 heteroatoms. The molecule has 0 saturated carbocycles. The van der Waals surface area contributed by atoms with Gasteiger partial charge in [-0.05, 0) is 25.7 Å². The summed E-state index contributed by atoms with van der Waals surface area (Å²) < 4.78 is 26.5. The molecule has 1 saturated heterocycles. The summed E-state index contributed by atoms with van der Waals surface area (Å²) in [7, 11) is -1.16. The second-order valence-electron chi connectivity index (χ2n) is 5.31. The fraction of sp³-hybridized carbons (Fsp3) is 0.750. The van der Waals surface area contributed by atoms with Crippen LogP contribution >= 0.6 is 0 Å². The summed E-state index contributed by atoms with van der Waals surface area (Å²) in [5, 5.41) is 7.65. The van der Waals surface area contributed by atoms with E-state index in [2.05, 4.69) is 10.4 Å². The zero-order chi connectivity index (χ0) is 14.0. The van der Waals surface area contributed by atoms with Crippen LogP contribution in [0.25, 0.3) is 0 Å². The lowest BCUT2D eigenvalue weighted by molar-refractivity contribution is 0.277. The Morgan fingerprint density at radius 1 is 1.53 bits per heavy atom. The summed E-state index contributed by atoms with van der Waals surface area (Å²) >= 11 is 0. The molecule has 0 bridgehead atoms. The second kappa shape index (κ2) is 5.50. The molecule has 1 aromatic heterocycles. The first-order valence-electron chi connectivity index (χ1n) is 6.55. The minimum absolute atomic E-state index is 0.364.